The van der Waals surface area contributed by atoms with Gasteiger partial charge in [0.2, 0.25) is 0 Å². The van der Waals surface area contributed by atoms with E-state index in [1.807, 2.05) is 17.0 Å². The number of carbonyl (C=O) groups is 1. The van der Waals surface area contributed by atoms with Crippen molar-refractivity contribution >= 4 is 11.7 Å². The van der Waals surface area contributed by atoms with Crippen LogP contribution in [0.4, 0.5) is 10.5 Å². The first-order valence-electron chi connectivity index (χ1n) is 7.87. The second kappa shape index (κ2) is 7.32. The summed E-state index contributed by atoms with van der Waals surface area (Å²) < 4.78 is 0. The number of urea groups is 1. The first-order chi connectivity index (χ1) is 9.70. The first-order valence-corrected chi connectivity index (χ1v) is 7.87. The van der Waals surface area contributed by atoms with Gasteiger partial charge in [0.25, 0.3) is 0 Å². The molecule has 0 aliphatic carbocycles. The Balaban J connectivity index is 1.90. The van der Waals surface area contributed by atoms with Crippen LogP contribution < -0.4 is 5.32 Å². The summed E-state index contributed by atoms with van der Waals surface area (Å²) in [5, 5.41) is 3.01. The summed E-state index contributed by atoms with van der Waals surface area (Å²) in [5.41, 5.74) is 2.24. The van der Waals surface area contributed by atoms with Crippen molar-refractivity contribution in [1.29, 1.82) is 0 Å². The summed E-state index contributed by atoms with van der Waals surface area (Å²) in [7, 11) is 0. The summed E-state index contributed by atoms with van der Waals surface area (Å²) in [6.07, 6.45) is 7.02. The summed E-state index contributed by atoms with van der Waals surface area (Å²) in [4.78, 5) is 14.2. The summed E-state index contributed by atoms with van der Waals surface area (Å²) in [5.74, 6) is 0. The normalized spacial score (nSPS) is 18.9. The van der Waals surface area contributed by atoms with E-state index in [1.54, 1.807) is 0 Å². The lowest BCUT2D eigenvalue weighted by Gasteiger charge is -2.33. The number of piperidine rings is 1. The quantitative estimate of drug-likeness (QED) is 0.865. The molecule has 0 bridgehead atoms. The van der Waals surface area contributed by atoms with Gasteiger partial charge in [-0.15, -0.1) is 0 Å². The number of anilines is 1. The maximum atomic E-state index is 12.2. The molecule has 1 saturated heterocycles. The van der Waals surface area contributed by atoms with Crippen molar-refractivity contribution in [1.82, 2.24) is 4.90 Å². The zero-order valence-electron chi connectivity index (χ0n) is 12.7. The molecule has 0 radical (unpaired) electrons. The molecule has 1 fully saturated rings. The number of likely N-dealkylation sites (tertiary alicyclic amines) is 1. The Bertz CT molecular complexity index is 427. The second-order valence-electron chi connectivity index (χ2n) is 5.77. The highest BCUT2D eigenvalue weighted by Crippen LogP contribution is 2.18. The first kappa shape index (κ1) is 14.9. The minimum absolute atomic E-state index is 0.0403. The molecule has 3 heteroatoms. The molecule has 1 heterocycles. The van der Waals surface area contributed by atoms with E-state index in [4.69, 9.17) is 0 Å². The summed E-state index contributed by atoms with van der Waals surface area (Å²) in [6, 6.07) is 8.65. The summed E-state index contributed by atoms with van der Waals surface area (Å²) >= 11 is 0. The number of aryl methyl sites for hydroxylation is 1. The van der Waals surface area contributed by atoms with Crippen LogP contribution in [0.25, 0.3) is 0 Å². The van der Waals surface area contributed by atoms with E-state index in [2.05, 4.69) is 31.3 Å². The van der Waals surface area contributed by atoms with Gasteiger partial charge in [0.15, 0.2) is 0 Å². The molecular weight excluding hydrogens is 248 g/mol. The summed E-state index contributed by atoms with van der Waals surface area (Å²) in [6.45, 7) is 5.21. The van der Waals surface area contributed by atoms with Gasteiger partial charge in [0.1, 0.15) is 0 Å². The average molecular weight is 274 g/mol. The van der Waals surface area contributed by atoms with Crippen LogP contribution in [0.5, 0.6) is 0 Å². The molecule has 2 rings (SSSR count). The van der Waals surface area contributed by atoms with E-state index in [0.29, 0.717) is 6.04 Å². The molecule has 1 aromatic rings. The predicted molar refractivity (Wildman–Crippen MR) is 84.1 cm³/mol. The Morgan fingerprint density at radius 2 is 2.05 bits per heavy atom. The Hall–Kier alpha value is -1.51. The second-order valence-corrected chi connectivity index (χ2v) is 5.77. The molecule has 1 aromatic carbocycles. The Labute approximate surface area is 122 Å². The lowest BCUT2D eigenvalue weighted by Crippen LogP contribution is -2.44. The van der Waals surface area contributed by atoms with Crippen LogP contribution in [-0.4, -0.2) is 23.5 Å². The van der Waals surface area contributed by atoms with Crippen LogP contribution in [0.2, 0.25) is 0 Å². The number of nitrogens with one attached hydrogen (secondary N) is 1. The van der Waals surface area contributed by atoms with Crippen molar-refractivity contribution in [3.05, 3.63) is 29.8 Å². The maximum absolute atomic E-state index is 12.2. The van der Waals surface area contributed by atoms with Gasteiger partial charge in [-0.3, -0.25) is 0 Å². The van der Waals surface area contributed by atoms with Gasteiger partial charge in [-0.25, -0.2) is 4.79 Å². The Kier molecular flexibility index (Phi) is 5.45. The van der Waals surface area contributed by atoms with Crippen molar-refractivity contribution in [2.45, 2.75) is 58.4 Å². The van der Waals surface area contributed by atoms with Crippen LogP contribution in [0, 0.1) is 0 Å². The van der Waals surface area contributed by atoms with Crippen LogP contribution >= 0.6 is 0 Å². The predicted octanol–water partition coefficient (Wildman–Crippen LogP) is 4.44. The van der Waals surface area contributed by atoms with Crippen LogP contribution in [0.1, 0.15) is 51.5 Å². The molecule has 110 valence electrons. The maximum Gasteiger partial charge on any atom is 0.322 e. The van der Waals surface area contributed by atoms with Gasteiger partial charge in [-0.05, 0) is 56.7 Å². The van der Waals surface area contributed by atoms with Crippen molar-refractivity contribution in [3.63, 3.8) is 0 Å². The molecule has 1 unspecified atom stereocenters. The van der Waals surface area contributed by atoms with E-state index < -0.39 is 0 Å². The molecule has 1 aliphatic rings. The van der Waals surface area contributed by atoms with Crippen molar-refractivity contribution in [2.24, 2.45) is 0 Å². The SMILES string of the molecule is CCCCc1ccc(NC(=O)N2CCCCC2C)cc1. The van der Waals surface area contributed by atoms with E-state index in [1.165, 1.54) is 24.8 Å². The molecule has 0 saturated carbocycles. The Morgan fingerprint density at radius 3 is 2.70 bits per heavy atom. The third kappa shape index (κ3) is 3.99. The van der Waals surface area contributed by atoms with E-state index >= 15 is 0 Å². The van der Waals surface area contributed by atoms with E-state index in [9.17, 15) is 4.79 Å². The highest BCUT2D eigenvalue weighted by molar-refractivity contribution is 5.89. The fourth-order valence-corrected chi connectivity index (χ4v) is 2.73. The number of benzene rings is 1. The molecular formula is C17H26N2O. The standard InChI is InChI=1S/C17H26N2O/c1-3-4-8-15-9-11-16(12-10-15)18-17(20)19-13-6-5-7-14(19)2/h9-12,14H,3-8,13H2,1-2H3,(H,18,20). The topological polar surface area (TPSA) is 32.3 Å². The van der Waals surface area contributed by atoms with Crippen LogP contribution in [0.3, 0.4) is 0 Å². The molecule has 2 amide bonds. The van der Waals surface area contributed by atoms with Gasteiger partial charge in [0, 0.05) is 18.3 Å². The molecule has 1 N–H and O–H groups in total. The van der Waals surface area contributed by atoms with Gasteiger partial charge < -0.3 is 10.2 Å². The van der Waals surface area contributed by atoms with Gasteiger partial charge >= 0.3 is 6.03 Å². The Morgan fingerprint density at radius 1 is 1.30 bits per heavy atom. The van der Waals surface area contributed by atoms with Gasteiger partial charge in [0.05, 0.1) is 0 Å². The third-order valence-corrected chi connectivity index (χ3v) is 4.09. The van der Waals surface area contributed by atoms with Gasteiger partial charge in [-0.2, -0.15) is 0 Å². The smallest absolute Gasteiger partial charge is 0.322 e. The fraction of sp³-hybridized carbons (Fsp3) is 0.588. The zero-order valence-corrected chi connectivity index (χ0v) is 12.7. The number of hydrogen-bond donors (Lipinski definition) is 1. The number of carbonyl (C=O) groups excluding carboxylic acids is 1. The number of amides is 2. The van der Waals surface area contributed by atoms with E-state index in [-0.39, 0.29) is 6.03 Å². The lowest BCUT2D eigenvalue weighted by atomic mass is 10.0. The highest BCUT2D eigenvalue weighted by atomic mass is 16.2. The largest absolute Gasteiger partial charge is 0.322 e. The molecule has 0 aromatic heterocycles. The number of hydrogen-bond acceptors (Lipinski definition) is 1. The van der Waals surface area contributed by atoms with Gasteiger partial charge in [-0.1, -0.05) is 25.5 Å². The highest BCUT2D eigenvalue weighted by Gasteiger charge is 2.22. The molecule has 1 aliphatic heterocycles. The monoisotopic (exact) mass is 274 g/mol. The minimum Gasteiger partial charge on any atom is -0.322 e. The minimum atomic E-state index is 0.0403. The molecule has 3 nitrogen and oxygen atoms in total. The number of rotatable bonds is 4. The zero-order chi connectivity index (χ0) is 14.4. The van der Waals surface area contributed by atoms with Crippen LogP contribution in [-0.2, 0) is 6.42 Å². The number of nitrogens with zero attached hydrogens (tertiary/aromatic N) is 1. The van der Waals surface area contributed by atoms with Crippen molar-refractivity contribution < 1.29 is 4.79 Å². The average Bonchev–Trinajstić information content (AvgIpc) is 2.47. The lowest BCUT2D eigenvalue weighted by molar-refractivity contribution is 0.170. The molecule has 1 atom stereocenters. The van der Waals surface area contributed by atoms with Crippen molar-refractivity contribution in [3.8, 4) is 0 Å². The van der Waals surface area contributed by atoms with Crippen LogP contribution in [0.15, 0.2) is 24.3 Å². The van der Waals surface area contributed by atoms with Crippen molar-refractivity contribution in [2.75, 3.05) is 11.9 Å². The fourth-order valence-electron chi connectivity index (χ4n) is 2.73. The number of unbranched alkanes of at least 4 members (excludes halogenated alkanes) is 1. The third-order valence-electron chi connectivity index (χ3n) is 4.09. The van der Waals surface area contributed by atoms with E-state index in [0.717, 1.165) is 31.5 Å². The molecule has 0 spiro atoms. The molecule has 20 heavy (non-hydrogen) atoms.